The average molecular weight is 509 g/mol. The molecule has 0 radical (unpaired) electrons. The van der Waals surface area contributed by atoms with Gasteiger partial charge in [-0.3, -0.25) is 4.98 Å². The lowest BCUT2D eigenvalue weighted by atomic mass is 10.1. The summed E-state index contributed by atoms with van der Waals surface area (Å²) in [6.07, 6.45) is 6.84. The van der Waals surface area contributed by atoms with Gasteiger partial charge in [0.1, 0.15) is 11.5 Å². The maximum absolute atomic E-state index is 6.36. The highest BCUT2D eigenvalue weighted by Gasteiger charge is 2.14. The molecule has 4 rings (SSSR count). The van der Waals surface area contributed by atoms with Crippen LogP contribution in [0.3, 0.4) is 0 Å². The zero-order valence-electron chi connectivity index (χ0n) is 21.6. The molecule has 192 valence electrons. The number of piperidine rings is 1. The molecule has 8 heteroatoms. The fourth-order valence-corrected chi connectivity index (χ4v) is 4.76. The number of anilines is 1. The van der Waals surface area contributed by atoms with Gasteiger partial charge in [-0.1, -0.05) is 6.42 Å². The van der Waals surface area contributed by atoms with E-state index in [1.807, 2.05) is 30.3 Å². The van der Waals surface area contributed by atoms with Crippen molar-refractivity contribution in [3.63, 3.8) is 0 Å². The third kappa shape index (κ3) is 6.17. The molecule has 0 aliphatic carbocycles. The number of rotatable bonds is 9. The van der Waals surface area contributed by atoms with Crippen LogP contribution in [0.15, 0.2) is 36.5 Å². The van der Waals surface area contributed by atoms with Gasteiger partial charge in [0, 0.05) is 29.9 Å². The summed E-state index contributed by atoms with van der Waals surface area (Å²) in [6, 6.07) is 9.58. The number of pyridine rings is 1. The Morgan fingerprint density at radius 3 is 2.44 bits per heavy atom. The van der Waals surface area contributed by atoms with E-state index in [0.29, 0.717) is 22.4 Å². The van der Waals surface area contributed by atoms with Crippen molar-refractivity contribution < 1.29 is 14.2 Å². The molecule has 0 unspecified atom stereocenters. The second kappa shape index (κ2) is 12.2. The van der Waals surface area contributed by atoms with Crippen LogP contribution in [0.5, 0.6) is 23.0 Å². The lowest BCUT2D eigenvalue weighted by Crippen LogP contribution is -2.34. The van der Waals surface area contributed by atoms with Gasteiger partial charge in [-0.15, -0.1) is 0 Å². The van der Waals surface area contributed by atoms with E-state index >= 15 is 0 Å². The minimum absolute atomic E-state index is 0.632. The van der Waals surface area contributed by atoms with Crippen LogP contribution in [0.2, 0.25) is 0 Å². The molecule has 2 heterocycles. The molecule has 2 aromatic carbocycles. The molecule has 7 nitrogen and oxygen atoms in total. The third-order valence-corrected chi connectivity index (χ3v) is 7.04. The van der Waals surface area contributed by atoms with Crippen molar-refractivity contribution >= 4 is 33.9 Å². The van der Waals surface area contributed by atoms with Gasteiger partial charge in [-0.25, -0.2) is 0 Å². The first kappa shape index (κ1) is 26.0. The molecule has 1 aliphatic heterocycles. The Kier molecular flexibility index (Phi) is 8.83. The maximum Gasteiger partial charge on any atom is 0.170 e. The Hall–Kier alpha value is -3.10. The van der Waals surface area contributed by atoms with E-state index in [1.165, 1.54) is 32.4 Å². The van der Waals surface area contributed by atoms with Gasteiger partial charge in [0.05, 0.1) is 19.7 Å². The molecule has 2 N–H and O–H groups in total. The van der Waals surface area contributed by atoms with Crippen LogP contribution in [0.4, 0.5) is 5.69 Å². The van der Waals surface area contributed by atoms with Gasteiger partial charge in [0.2, 0.25) is 0 Å². The minimum atomic E-state index is 0.632. The van der Waals surface area contributed by atoms with E-state index in [9.17, 15) is 0 Å². The Morgan fingerprint density at radius 2 is 1.69 bits per heavy atom. The predicted molar refractivity (Wildman–Crippen MR) is 150 cm³/mol. The van der Waals surface area contributed by atoms with Crippen molar-refractivity contribution in [3.8, 4) is 23.0 Å². The fourth-order valence-electron chi connectivity index (χ4n) is 4.55. The van der Waals surface area contributed by atoms with Gasteiger partial charge in [-0.2, -0.15) is 0 Å². The van der Waals surface area contributed by atoms with Crippen LogP contribution >= 0.6 is 12.2 Å². The highest BCUT2D eigenvalue weighted by atomic mass is 32.1. The number of benzene rings is 2. The van der Waals surface area contributed by atoms with E-state index in [4.69, 9.17) is 26.4 Å². The summed E-state index contributed by atoms with van der Waals surface area (Å²) in [7, 11) is 3.23. The third-order valence-electron chi connectivity index (χ3n) is 6.80. The van der Waals surface area contributed by atoms with Crippen molar-refractivity contribution in [3.05, 3.63) is 47.7 Å². The molecule has 36 heavy (non-hydrogen) atoms. The molecular formula is C28H36N4O3S. The number of aromatic nitrogens is 1. The molecule has 1 fully saturated rings. The minimum Gasteiger partial charge on any atom is -0.493 e. The number of thiocarbonyl (C=S) groups is 1. The smallest absolute Gasteiger partial charge is 0.170 e. The predicted octanol–water partition coefficient (Wildman–Crippen LogP) is 5.82. The summed E-state index contributed by atoms with van der Waals surface area (Å²) in [5, 5.41) is 8.19. The van der Waals surface area contributed by atoms with Gasteiger partial charge >= 0.3 is 0 Å². The van der Waals surface area contributed by atoms with E-state index in [-0.39, 0.29) is 0 Å². The standard InChI is InChI=1S/C28H36N4O3S/c1-19-20(2)24(35-25-11-13-29-23-18-27(34-4)26(33-3)17-21(23)25)10-9-22(19)31-28(36)30-12-8-16-32-14-6-5-7-15-32/h9-11,13,17-18H,5-8,12,14-16H2,1-4H3,(H2,30,31,36). The molecule has 0 spiro atoms. The molecule has 1 aromatic heterocycles. The molecule has 0 saturated carbocycles. The van der Waals surface area contributed by atoms with E-state index in [1.54, 1.807) is 20.4 Å². The molecular weight excluding hydrogens is 472 g/mol. The SMILES string of the molecule is COc1cc2nccc(Oc3ccc(NC(=S)NCCCN4CCCCC4)c(C)c3C)c2cc1OC. The zero-order valence-corrected chi connectivity index (χ0v) is 22.5. The van der Waals surface area contributed by atoms with Crippen LogP contribution in [0, 0.1) is 13.8 Å². The monoisotopic (exact) mass is 508 g/mol. The number of hydrogen-bond acceptors (Lipinski definition) is 6. The number of fused-ring (bicyclic) bond motifs is 1. The molecule has 1 aliphatic rings. The largest absolute Gasteiger partial charge is 0.493 e. The normalized spacial score (nSPS) is 13.9. The summed E-state index contributed by atoms with van der Waals surface area (Å²) in [6.45, 7) is 8.58. The quantitative estimate of drug-likeness (QED) is 0.277. The highest BCUT2D eigenvalue weighted by molar-refractivity contribution is 7.80. The number of methoxy groups -OCH3 is 2. The second-order valence-corrected chi connectivity index (χ2v) is 9.54. The first-order valence-electron chi connectivity index (χ1n) is 12.6. The van der Waals surface area contributed by atoms with Crippen molar-refractivity contribution in [2.45, 2.75) is 39.5 Å². The first-order chi connectivity index (χ1) is 17.5. The number of ether oxygens (including phenoxy) is 3. The highest BCUT2D eigenvalue weighted by Crippen LogP contribution is 2.38. The van der Waals surface area contributed by atoms with Gasteiger partial charge in [-0.05, 0) is 100 Å². The lowest BCUT2D eigenvalue weighted by Gasteiger charge is -2.26. The summed E-state index contributed by atoms with van der Waals surface area (Å²) in [4.78, 5) is 7.01. The maximum atomic E-state index is 6.36. The van der Waals surface area contributed by atoms with Crippen LogP contribution in [-0.4, -0.2) is 55.4 Å². The lowest BCUT2D eigenvalue weighted by molar-refractivity contribution is 0.227. The number of nitrogens with zero attached hydrogens (tertiary/aromatic N) is 2. The number of hydrogen-bond donors (Lipinski definition) is 2. The number of likely N-dealkylation sites (tertiary alicyclic amines) is 1. The fraction of sp³-hybridized carbons (Fsp3) is 0.429. The van der Waals surface area contributed by atoms with Crippen LogP contribution < -0.4 is 24.8 Å². The van der Waals surface area contributed by atoms with Crippen LogP contribution in [-0.2, 0) is 0 Å². The van der Waals surface area contributed by atoms with Crippen LogP contribution in [0.1, 0.15) is 36.8 Å². The molecule has 0 atom stereocenters. The Labute approximate surface area is 219 Å². The average Bonchev–Trinajstić information content (AvgIpc) is 2.90. The van der Waals surface area contributed by atoms with Crippen molar-refractivity contribution in [1.29, 1.82) is 0 Å². The summed E-state index contributed by atoms with van der Waals surface area (Å²) >= 11 is 5.55. The summed E-state index contributed by atoms with van der Waals surface area (Å²) < 4.78 is 17.2. The first-order valence-corrected chi connectivity index (χ1v) is 13.0. The van der Waals surface area contributed by atoms with Crippen molar-refractivity contribution in [2.24, 2.45) is 0 Å². The second-order valence-electron chi connectivity index (χ2n) is 9.13. The van der Waals surface area contributed by atoms with Gasteiger partial charge in [0.25, 0.3) is 0 Å². The molecule has 3 aromatic rings. The van der Waals surface area contributed by atoms with Crippen molar-refractivity contribution in [1.82, 2.24) is 15.2 Å². The molecule has 0 amide bonds. The van der Waals surface area contributed by atoms with E-state index < -0.39 is 0 Å². The number of nitrogens with one attached hydrogen (secondary N) is 2. The van der Waals surface area contributed by atoms with E-state index in [0.717, 1.165) is 53.0 Å². The topological polar surface area (TPSA) is 67.9 Å². The summed E-state index contributed by atoms with van der Waals surface area (Å²) in [5.41, 5.74) is 3.87. The zero-order chi connectivity index (χ0) is 25.5. The Bertz CT molecular complexity index is 1210. The summed E-state index contributed by atoms with van der Waals surface area (Å²) in [5.74, 6) is 2.75. The molecule has 0 bridgehead atoms. The van der Waals surface area contributed by atoms with Gasteiger partial charge < -0.3 is 29.7 Å². The van der Waals surface area contributed by atoms with E-state index in [2.05, 4.69) is 34.4 Å². The van der Waals surface area contributed by atoms with Crippen molar-refractivity contribution in [2.75, 3.05) is 45.7 Å². The van der Waals surface area contributed by atoms with Crippen LogP contribution in [0.25, 0.3) is 10.9 Å². The Morgan fingerprint density at radius 1 is 0.944 bits per heavy atom. The molecule has 1 saturated heterocycles. The van der Waals surface area contributed by atoms with Gasteiger partial charge in [0.15, 0.2) is 16.6 Å². The Balaban J connectivity index is 1.40.